The van der Waals surface area contributed by atoms with Gasteiger partial charge in [-0.05, 0) is 12.3 Å². The average Bonchev–Trinajstić information content (AvgIpc) is 3.04. The Labute approximate surface area is 142 Å². The van der Waals surface area contributed by atoms with Crippen LogP contribution in [0.1, 0.15) is 30.9 Å². The van der Waals surface area contributed by atoms with E-state index in [0.717, 1.165) is 0 Å². The highest BCUT2D eigenvalue weighted by Gasteiger charge is 2.25. The monoisotopic (exact) mass is 356 g/mol. The Bertz CT molecular complexity index is 617. The zero-order chi connectivity index (χ0) is 19.0. The molecule has 0 radical (unpaired) electrons. The molecule has 1 heterocycles. The minimum Gasteiger partial charge on any atom is -0.480 e. The van der Waals surface area contributed by atoms with Crippen molar-refractivity contribution in [1.29, 1.82) is 0 Å². The number of H-pyrrole nitrogens is 1. The molecule has 0 saturated heterocycles. The number of urea groups is 1. The van der Waals surface area contributed by atoms with Gasteiger partial charge in [0.25, 0.3) is 5.91 Å². The molecule has 3 amide bonds. The largest absolute Gasteiger partial charge is 0.480 e. The lowest BCUT2D eigenvalue weighted by molar-refractivity contribution is -0.139. The molecule has 0 aromatic carbocycles. The molecule has 1 aromatic rings. The number of carboxylic acids is 2. The first-order chi connectivity index (χ1) is 11.7. The number of amides is 3. The molecule has 25 heavy (non-hydrogen) atoms. The van der Waals surface area contributed by atoms with Gasteiger partial charge in [0.2, 0.25) is 5.82 Å². The summed E-state index contributed by atoms with van der Waals surface area (Å²) in [4.78, 5) is 48.2. The molecule has 12 heteroatoms. The summed E-state index contributed by atoms with van der Waals surface area (Å²) in [6, 6.07) is -3.58. The Morgan fingerprint density at radius 3 is 2.20 bits per heavy atom. The smallest absolute Gasteiger partial charge is 0.328 e. The molecule has 1 rings (SSSR count). The molecule has 2 atom stereocenters. The van der Waals surface area contributed by atoms with Crippen LogP contribution in [0.3, 0.4) is 0 Å². The quantitative estimate of drug-likeness (QED) is 0.318. The number of aliphatic carboxylic acids is 2. The molecule has 138 valence electrons. The lowest BCUT2D eigenvalue weighted by Crippen LogP contribution is -2.54. The Morgan fingerprint density at radius 1 is 1.12 bits per heavy atom. The number of hydrogen-bond acceptors (Lipinski definition) is 6. The van der Waals surface area contributed by atoms with E-state index in [4.69, 9.17) is 10.2 Å². The minimum absolute atomic E-state index is 0.0119. The maximum Gasteiger partial charge on any atom is 0.328 e. The molecular weight excluding hydrogens is 336 g/mol. The van der Waals surface area contributed by atoms with Crippen LogP contribution in [0.2, 0.25) is 0 Å². The fourth-order valence-corrected chi connectivity index (χ4v) is 1.85. The van der Waals surface area contributed by atoms with E-state index >= 15 is 0 Å². The third-order valence-corrected chi connectivity index (χ3v) is 3.01. The Kier molecular flexibility index (Phi) is 7.31. The maximum atomic E-state index is 11.8. The fraction of sp³-hybridized carbons (Fsp3) is 0.538. The molecule has 0 aliphatic carbocycles. The Morgan fingerprint density at radius 2 is 1.72 bits per heavy atom. The van der Waals surface area contributed by atoms with Crippen molar-refractivity contribution in [3.63, 3.8) is 0 Å². The second-order valence-corrected chi connectivity index (χ2v) is 5.58. The zero-order valence-electron chi connectivity index (χ0n) is 13.6. The highest BCUT2D eigenvalue weighted by Crippen LogP contribution is 2.04. The Hall–Kier alpha value is -3.18. The van der Waals surface area contributed by atoms with Gasteiger partial charge in [0, 0.05) is 6.54 Å². The average molecular weight is 356 g/mol. The number of aromatic amines is 1. The van der Waals surface area contributed by atoms with E-state index in [1.54, 1.807) is 13.8 Å². The van der Waals surface area contributed by atoms with E-state index in [2.05, 4.69) is 31.1 Å². The normalized spacial score (nSPS) is 12.9. The van der Waals surface area contributed by atoms with Crippen LogP contribution >= 0.6 is 0 Å². The van der Waals surface area contributed by atoms with E-state index in [0.29, 0.717) is 0 Å². The van der Waals surface area contributed by atoms with Gasteiger partial charge in [-0.2, -0.15) is 0 Å². The van der Waals surface area contributed by atoms with E-state index in [1.165, 1.54) is 6.33 Å². The first-order valence-electron chi connectivity index (χ1n) is 7.37. The molecule has 0 spiro atoms. The van der Waals surface area contributed by atoms with Crippen molar-refractivity contribution in [2.75, 3.05) is 6.54 Å². The lowest BCUT2D eigenvalue weighted by atomic mass is 10.0. The van der Waals surface area contributed by atoms with Crippen molar-refractivity contribution >= 4 is 23.9 Å². The molecule has 1 unspecified atom stereocenters. The van der Waals surface area contributed by atoms with Crippen LogP contribution in [0.4, 0.5) is 4.79 Å². The van der Waals surface area contributed by atoms with Gasteiger partial charge >= 0.3 is 18.0 Å². The minimum atomic E-state index is -1.46. The van der Waals surface area contributed by atoms with E-state index < -0.39 is 42.5 Å². The van der Waals surface area contributed by atoms with Crippen LogP contribution in [0.5, 0.6) is 0 Å². The number of carboxylic acid groups (broad SMARTS) is 2. The number of carbonyl (C=O) groups is 4. The first-order valence-corrected chi connectivity index (χ1v) is 7.37. The summed E-state index contributed by atoms with van der Waals surface area (Å²) in [5.74, 6) is -3.43. The highest BCUT2D eigenvalue weighted by atomic mass is 16.4. The summed E-state index contributed by atoms with van der Waals surface area (Å²) in [7, 11) is 0. The number of nitrogens with zero attached hydrogens (tertiary/aromatic N) is 2. The molecule has 0 aliphatic rings. The molecular formula is C13H20N6O6. The predicted octanol–water partition coefficient (Wildman–Crippen LogP) is -1.21. The van der Waals surface area contributed by atoms with Crippen molar-refractivity contribution in [2.24, 2.45) is 5.92 Å². The number of carbonyl (C=O) groups excluding carboxylic acids is 2. The highest BCUT2D eigenvalue weighted by molar-refractivity contribution is 5.91. The predicted molar refractivity (Wildman–Crippen MR) is 82.7 cm³/mol. The van der Waals surface area contributed by atoms with Crippen LogP contribution in [0.25, 0.3) is 0 Å². The summed E-state index contributed by atoms with van der Waals surface area (Å²) in [5.41, 5.74) is 0. The summed E-state index contributed by atoms with van der Waals surface area (Å²) >= 11 is 0. The van der Waals surface area contributed by atoms with Gasteiger partial charge in [-0.25, -0.2) is 14.4 Å². The van der Waals surface area contributed by atoms with Crippen LogP contribution in [-0.2, 0) is 9.59 Å². The van der Waals surface area contributed by atoms with Crippen molar-refractivity contribution in [3.05, 3.63) is 12.2 Å². The van der Waals surface area contributed by atoms with Gasteiger partial charge in [-0.1, -0.05) is 13.8 Å². The van der Waals surface area contributed by atoms with E-state index in [-0.39, 0.29) is 18.2 Å². The molecule has 1 aromatic heterocycles. The third-order valence-electron chi connectivity index (χ3n) is 3.01. The van der Waals surface area contributed by atoms with Gasteiger partial charge in [-0.3, -0.25) is 4.79 Å². The van der Waals surface area contributed by atoms with Crippen molar-refractivity contribution in [1.82, 2.24) is 31.1 Å². The van der Waals surface area contributed by atoms with Gasteiger partial charge in [0.15, 0.2) is 0 Å². The molecule has 12 nitrogen and oxygen atoms in total. The van der Waals surface area contributed by atoms with Gasteiger partial charge in [0.05, 0.1) is 0 Å². The third kappa shape index (κ3) is 6.85. The first kappa shape index (κ1) is 19.9. The summed E-state index contributed by atoms with van der Waals surface area (Å²) in [6.45, 7) is 3.15. The van der Waals surface area contributed by atoms with E-state index in [1.807, 2.05) is 0 Å². The van der Waals surface area contributed by atoms with Crippen LogP contribution < -0.4 is 16.0 Å². The maximum absolute atomic E-state index is 11.8. The number of rotatable bonds is 9. The van der Waals surface area contributed by atoms with Crippen molar-refractivity contribution < 1.29 is 29.4 Å². The lowest BCUT2D eigenvalue weighted by Gasteiger charge is -2.19. The second kappa shape index (κ2) is 9.20. The molecule has 0 aliphatic heterocycles. The van der Waals surface area contributed by atoms with Crippen LogP contribution in [0, 0.1) is 5.92 Å². The van der Waals surface area contributed by atoms with Crippen molar-refractivity contribution in [2.45, 2.75) is 32.4 Å². The zero-order valence-corrected chi connectivity index (χ0v) is 13.6. The number of hydrogen-bond donors (Lipinski definition) is 6. The summed E-state index contributed by atoms with van der Waals surface area (Å²) in [6.07, 6.45) is 1.36. The fourth-order valence-electron chi connectivity index (χ4n) is 1.85. The molecule has 0 fully saturated rings. The summed E-state index contributed by atoms with van der Waals surface area (Å²) < 4.78 is 0. The van der Waals surface area contributed by atoms with Crippen LogP contribution in [0.15, 0.2) is 6.33 Å². The van der Waals surface area contributed by atoms with Crippen molar-refractivity contribution in [3.8, 4) is 0 Å². The number of aromatic nitrogens is 3. The van der Waals surface area contributed by atoms with Crippen LogP contribution in [-0.4, -0.2) is 67.9 Å². The van der Waals surface area contributed by atoms with E-state index in [9.17, 15) is 19.2 Å². The molecule has 0 saturated carbocycles. The Balaban J connectivity index is 2.58. The SMILES string of the molecule is CC(C)CC(NC(=O)N[C@@H](CNC(=O)c1nnc[nH]1)C(=O)O)C(=O)O. The molecule has 6 N–H and O–H groups in total. The van der Waals surface area contributed by atoms with Gasteiger partial charge < -0.3 is 31.1 Å². The number of nitrogens with one attached hydrogen (secondary N) is 4. The topological polar surface area (TPSA) is 186 Å². The standard InChI is InChI=1S/C13H20N6O6/c1-6(2)3-7(11(21)22)17-13(25)18-8(12(23)24)4-14-10(20)9-15-5-16-19-9/h5-8H,3-4H2,1-2H3,(H,14,20)(H,21,22)(H,23,24)(H,15,16,19)(H2,17,18,25)/t7?,8-/m0/s1. The second-order valence-electron chi connectivity index (χ2n) is 5.58. The summed E-state index contributed by atoms with van der Waals surface area (Å²) in [5, 5.41) is 31.6. The molecule has 0 bridgehead atoms. The van der Waals surface area contributed by atoms with Gasteiger partial charge in [0.1, 0.15) is 18.4 Å². The van der Waals surface area contributed by atoms with Gasteiger partial charge in [-0.15, -0.1) is 10.2 Å².